The molecule has 0 N–H and O–H groups in total. The highest BCUT2D eigenvalue weighted by Gasteiger charge is 2.09. The van der Waals surface area contributed by atoms with Gasteiger partial charge in [-0.15, -0.1) is 0 Å². The van der Waals surface area contributed by atoms with Crippen LogP contribution in [0.4, 0.5) is 0 Å². The second-order valence-corrected chi connectivity index (χ2v) is 3.08. The highest BCUT2D eigenvalue weighted by atomic mass is 127. The van der Waals surface area contributed by atoms with Gasteiger partial charge in [0.05, 0.1) is 12.2 Å². The summed E-state index contributed by atoms with van der Waals surface area (Å²) in [5.41, 5.74) is 0.528. The molecule has 0 saturated carbocycles. The van der Waals surface area contributed by atoms with Crippen molar-refractivity contribution in [2.75, 3.05) is 6.61 Å². The van der Waals surface area contributed by atoms with Crippen molar-refractivity contribution >= 4 is 28.6 Å². The third-order valence-corrected chi connectivity index (χ3v) is 2.11. The number of aromatic nitrogens is 1. The van der Waals surface area contributed by atoms with Crippen molar-refractivity contribution in [2.45, 2.75) is 6.92 Å². The Morgan fingerprint density at radius 1 is 1.75 bits per heavy atom. The number of carbonyl (C=O) groups excluding carboxylic acids is 1. The molecule has 0 aliphatic carbocycles. The molecule has 12 heavy (non-hydrogen) atoms. The van der Waals surface area contributed by atoms with Gasteiger partial charge in [-0.25, -0.2) is 9.78 Å². The van der Waals surface area contributed by atoms with Crippen LogP contribution >= 0.6 is 22.6 Å². The van der Waals surface area contributed by atoms with Crippen LogP contribution < -0.4 is 0 Å². The van der Waals surface area contributed by atoms with Crippen molar-refractivity contribution in [3.8, 4) is 0 Å². The highest BCUT2D eigenvalue weighted by molar-refractivity contribution is 14.1. The molecule has 0 spiro atoms. The molecule has 0 fully saturated rings. The molecule has 3 nitrogen and oxygen atoms in total. The maximum absolute atomic E-state index is 11.2. The number of carbonyl (C=O) groups is 1. The summed E-state index contributed by atoms with van der Waals surface area (Å²) in [7, 11) is 0. The average molecular weight is 277 g/mol. The molecule has 0 saturated heterocycles. The van der Waals surface area contributed by atoms with Gasteiger partial charge in [0, 0.05) is 6.20 Å². The summed E-state index contributed by atoms with van der Waals surface area (Å²) < 4.78 is 5.50. The number of rotatable bonds is 2. The van der Waals surface area contributed by atoms with Crippen molar-refractivity contribution in [2.24, 2.45) is 0 Å². The predicted molar refractivity (Wildman–Crippen MR) is 52.9 cm³/mol. The molecule has 4 heteroatoms. The molecule has 1 heterocycles. The molecule has 0 unspecified atom stereocenters. The number of esters is 1. The first-order valence-corrected chi connectivity index (χ1v) is 4.61. The molecule has 0 aliphatic rings. The molecule has 0 bridgehead atoms. The number of pyridine rings is 1. The van der Waals surface area contributed by atoms with E-state index in [4.69, 9.17) is 4.74 Å². The van der Waals surface area contributed by atoms with Crippen molar-refractivity contribution in [1.29, 1.82) is 0 Å². The number of ether oxygens (including phenoxy) is 1. The Morgan fingerprint density at radius 3 is 3.08 bits per heavy atom. The summed E-state index contributed by atoms with van der Waals surface area (Å²) in [6.45, 7) is 2.17. The zero-order valence-corrected chi connectivity index (χ0v) is 8.74. The average Bonchev–Trinajstić information content (AvgIpc) is 2.05. The number of nitrogens with zero attached hydrogens (tertiary/aromatic N) is 1. The summed E-state index contributed by atoms with van der Waals surface area (Å²) in [5.74, 6) is -0.310. The summed E-state index contributed by atoms with van der Waals surface area (Å²) >= 11 is 2.00. The second-order valence-electron chi connectivity index (χ2n) is 2.06. The van der Waals surface area contributed by atoms with Gasteiger partial charge in [0.2, 0.25) is 0 Å². The molecule has 0 amide bonds. The van der Waals surface area contributed by atoms with E-state index < -0.39 is 0 Å². The number of halogens is 1. The van der Waals surface area contributed by atoms with E-state index in [1.807, 2.05) is 22.6 Å². The number of hydrogen-bond acceptors (Lipinski definition) is 3. The van der Waals surface area contributed by atoms with Crippen LogP contribution in [0.2, 0.25) is 0 Å². The van der Waals surface area contributed by atoms with Crippen molar-refractivity contribution in [1.82, 2.24) is 4.98 Å². The van der Waals surface area contributed by atoms with Gasteiger partial charge < -0.3 is 4.74 Å². The first-order chi connectivity index (χ1) is 5.75. The standard InChI is InChI=1S/C8H8INO2/c1-2-12-8(11)6-4-3-5-10-7(6)9/h3-5H,2H2,1H3. The van der Waals surface area contributed by atoms with E-state index in [9.17, 15) is 4.79 Å². The summed E-state index contributed by atoms with van der Waals surface area (Å²) in [6, 6.07) is 3.42. The minimum atomic E-state index is -0.310. The lowest BCUT2D eigenvalue weighted by atomic mass is 10.3. The van der Waals surface area contributed by atoms with Gasteiger partial charge in [-0.3, -0.25) is 0 Å². The summed E-state index contributed by atoms with van der Waals surface area (Å²) in [5, 5.41) is 0. The van der Waals surface area contributed by atoms with E-state index >= 15 is 0 Å². The van der Waals surface area contributed by atoms with E-state index in [1.54, 1.807) is 25.3 Å². The Kier molecular flexibility index (Phi) is 3.46. The van der Waals surface area contributed by atoms with Gasteiger partial charge in [-0.1, -0.05) is 0 Å². The molecule has 0 aliphatic heterocycles. The van der Waals surface area contributed by atoms with E-state index in [1.165, 1.54) is 0 Å². The van der Waals surface area contributed by atoms with Gasteiger partial charge in [0.1, 0.15) is 3.70 Å². The third-order valence-electron chi connectivity index (χ3n) is 1.25. The minimum Gasteiger partial charge on any atom is -0.462 e. The Labute approximate surface area is 84.3 Å². The van der Waals surface area contributed by atoms with Crippen LogP contribution in [0.15, 0.2) is 18.3 Å². The fraction of sp³-hybridized carbons (Fsp3) is 0.250. The Balaban J connectivity index is 2.87. The van der Waals surface area contributed by atoms with Crippen molar-refractivity contribution in [3.63, 3.8) is 0 Å². The van der Waals surface area contributed by atoms with E-state index in [-0.39, 0.29) is 5.97 Å². The molecular formula is C8H8INO2. The lowest BCUT2D eigenvalue weighted by Crippen LogP contribution is -2.07. The number of hydrogen-bond donors (Lipinski definition) is 0. The molecule has 64 valence electrons. The topological polar surface area (TPSA) is 39.2 Å². The molecule has 1 aromatic heterocycles. The fourth-order valence-corrected chi connectivity index (χ4v) is 1.31. The van der Waals surface area contributed by atoms with Gasteiger partial charge in [-0.2, -0.15) is 0 Å². The molecule has 0 aromatic carbocycles. The maximum Gasteiger partial charge on any atom is 0.340 e. The van der Waals surface area contributed by atoms with Crippen LogP contribution in [0.5, 0.6) is 0 Å². The van der Waals surface area contributed by atoms with Gasteiger partial charge in [0.25, 0.3) is 0 Å². The summed E-state index contributed by atoms with van der Waals surface area (Å²) in [6.07, 6.45) is 1.64. The van der Waals surface area contributed by atoms with Gasteiger partial charge >= 0.3 is 5.97 Å². The lowest BCUT2D eigenvalue weighted by molar-refractivity contribution is 0.0524. The minimum absolute atomic E-state index is 0.310. The van der Waals surface area contributed by atoms with Gasteiger partial charge in [-0.05, 0) is 41.6 Å². The SMILES string of the molecule is CCOC(=O)c1cccnc1I. The van der Waals surface area contributed by atoms with E-state index in [2.05, 4.69) is 4.98 Å². The molecule has 0 atom stereocenters. The largest absolute Gasteiger partial charge is 0.462 e. The highest BCUT2D eigenvalue weighted by Crippen LogP contribution is 2.09. The predicted octanol–water partition coefficient (Wildman–Crippen LogP) is 1.86. The normalized spacial score (nSPS) is 9.50. The lowest BCUT2D eigenvalue weighted by Gasteiger charge is -2.01. The zero-order valence-electron chi connectivity index (χ0n) is 6.58. The Bertz CT molecular complexity index is 288. The zero-order chi connectivity index (χ0) is 8.97. The van der Waals surface area contributed by atoms with Crippen LogP contribution in [0.3, 0.4) is 0 Å². The van der Waals surface area contributed by atoms with Crippen LogP contribution in [0.25, 0.3) is 0 Å². The van der Waals surface area contributed by atoms with E-state index in [0.29, 0.717) is 15.9 Å². The quantitative estimate of drug-likeness (QED) is 0.470. The van der Waals surface area contributed by atoms with E-state index in [0.717, 1.165) is 0 Å². The first kappa shape index (κ1) is 9.44. The third kappa shape index (κ3) is 2.17. The maximum atomic E-state index is 11.2. The molecule has 0 radical (unpaired) electrons. The van der Waals surface area contributed by atoms with Crippen LogP contribution in [-0.2, 0) is 4.74 Å². The second kappa shape index (κ2) is 4.39. The molecule has 1 rings (SSSR count). The van der Waals surface area contributed by atoms with Crippen LogP contribution in [0, 0.1) is 3.70 Å². The monoisotopic (exact) mass is 277 g/mol. The Hall–Kier alpha value is -0.650. The van der Waals surface area contributed by atoms with Crippen LogP contribution in [-0.4, -0.2) is 17.6 Å². The smallest absolute Gasteiger partial charge is 0.340 e. The summed E-state index contributed by atoms with van der Waals surface area (Å²) in [4.78, 5) is 15.2. The van der Waals surface area contributed by atoms with Gasteiger partial charge in [0.15, 0.2) is 0 Å². The molecule has 1 aromatic rings. The molecular weight excluding hydrogens is 269 g/mol. The van der Waals surface area contributed by atoms with Crippen molar-refractivity contribution < 1.29 is 9.53 Å². The fourth-order valence-electron chi connectivity index (χ4n) is 0.747. The van der Waals surface area contributed by atoms with Crippen LogP contribution in [0.1, 0.15) is 17.3 Å². The van der Waals surface area contributed by atoms with Crippen molar-refractivity contribution in [3.05, 3.63) is 27.6 Å². The Morgan fingerprint density at radius 2 is 2.50 bits per heavy atom. The first-order valence-electron chi connectivity index (χ1n) is 3.53.